The van der Waals surface area contributed by atoms with Crippen LogP contribution in [0.5, 0.6) is 5.75 Å². The molecule has 1 rings (SSSR count). The molecule has 0 radical (unpaired) electrons. The molecule has 0 aliphatic rings. The third-order valence-electron chi connectivity index (χ3n) is 1.77. The molecule has 1 aromatic carbocycles. The van der Waals surface area contributed by atoms with Gasteiger partial charge in [0.05, 0.1) is 12.8 Å². The molecule has 0 saturated carbocycles. The molecule has 2 N–H and O–H groups in total. The highest BCUT2D eigenvalue weighted by molar-refractivity contribution is 5.55. The maximum absolute atomic E-state index is 5.15. The van der Waals surface area contributed by atoms with Crippen molar-refractivity contribution in [1.82, 2.24) is 5.48 Å². The Kier molecular flexibility index (Phi) is 3.54. The highest BCUT2D eigenvalue weighted by Gasteiger charge is 2.02. The number of hydroxylamine groups is 1. The van der Waals surface area contributed by atoms with Gasteiger partial charge in [-0.3, -0.25) is 0 Å². The smallest absolute Gasteiger partial charge is 0.123 e. The largest absolute Gasteiger partial charge is 0.496 e. The number of rotatable bonds is 4. The molecular weight excluding hydrogens is 168 g/mol. The van der Waals surface area contributed by atoms with Gasteiger partial charge in [0, 0.05) is 12.6 Å². The SMILES string of the molecule is CNONc1cccc(OC)c1C. The normalized spacial score (nSPS) is 9.77. The van der Waals surface area contributed by atoms with Crippen LogP contribution in [0.1, 0.15) is 5.56 Å². The highest BCUT2D eigenvalue weighted by atomic mass is 16.8. The topological polar surface area (TPSA) is 42.5 Å². The van der Waals surface area contributed by atoms with Crippen LogP contribution in [0.2, 0.25) is 0 Å². The Hall–Kier alpha value is -1.26. The van der Waals surface area contributed by atoms with Crippen LogP contribution in [0.25, 0.3) is 0 Å². The minimum absolute atomic E-state index is 0.838. The second-order valence-electron chi connectivity index (χ2n) is 2.54. The quantitative estimate of drug-likeness (QED) is 0.692. The summed E-state index contributed by atoms with van der Waals surface area (Å²) in [6.07, 6.45) is 0. The van der Waals surface area contributed by atoms with Crippen molar-refractivity contribution in [2.24, 2.45) is 0 Å². The molecule has 0 aromatic heterocycles. The van der Waals surface area contributed by atoms with Crippen LogP contribution >= 0.6 is 0 Å². The zero-order valence-corrected chi connectivity index (χ0v) is 8.05. The van der Waals surface area contributed by atoms with Crippen LogP contribution in [-0.4, -0.2) is 14.2 Å². The average molecular weight is 182 g/mol. The van der Waals surface area contributed by atoms with Gasteiger partial charge >= 0.3 is 0 Å². The molecule has 0 saturated heterocycles. The van der Waals surface area contributed by atoms with E-state index in [1.165, 1.54) is 0 Å². The maximum atomic E-state index is 5.15. The predicted molar refractivity (Wildman–Crippen MR) is 51.5 cm³/mol. The standard InChI is InChI=1S/C9H14N2O2/c1-7-8(11-13-10-2)5-4-6-9(7)12-3/h4-6,10-11H,1-3H3. The number of nitrogens with one attached hydrogen (secondary N) is 2. The number of ether oxygens (including phenoxy) is 1. The molecule has 0 atom stereocenters. The van der Waals surface area contributed by atoms with Crippen molar-refractivity contribution < 1.29 is 9.68 Å². The molecule has 1 aromatic rings. The molecule has 0 amide bonds. The van der Waals surface area contributed by atoms with Crippen molar-refractivity contribution in [2.75, 3.05) is 19.6 Å². The van der Waals surface area contributed by atoms with Crippen molar-refractivity contribution in [3.63, 3.8) is 0 Å². The summed E-state index contributed by atoms with van der Waals surface area (Å²) in [5, 5.41) is 0. The lowest BCUT2D eigenvalue weighted by Crippen LogP contribution is -2.13. The molecule has 0 aliphatic heterocycles. The van der Waals surface area contributed by atoms with E-state index in [4.69, 9.17) is 9.68 Å². The molecule has 0 unspecified atom stereocenters. The summed E-state index contributed by atoms with van der Waals surface area (Å²) in [5.41, 5.74) is 7.17. The first-order valence-corrected chi connectivity index (χ1v) is 4.01. The van der Waals surface area contributed by atoms with E-state index < -0.39 is 0 Å². The Morgan fingerprint density at radius 3 is 2.69 bits per heavy atom. The van der Waals surface area contributed by atoms with Crippen LogP contribution in [0.4, 0.5) is 5.69 Å². The maximum Gasteiger partial charge on any atom is 0.123 e. The van der Waals surface area contributed by atoms with Crippen molar-refractivity contribution in [2.45, 2.75) is 6.92 Å². The van der Waals surface area contributed by atoms with Gasteiger partial charge in [0.1, 0.15) is 5.75 Å². The van der Waals surface area contributed by atoms with Gasteiger partial charge in [-0.15, -0.1) is 0 Å². The third-order valence-corrected chi connectivity index (χ3v) is 1.77. The Morgan fingerprint density at radius 1 is 1.31 bits per heavy atom. The third kappa shape index (κ3) is 2.34. The van der Waals surface area contributed by atoms with E-state index >= 15 is 0 Å². The lowest BCUT2D eigenvalue weighted by atomic mass is 10.2. The average Bonchev–Trinajstić information content (AvgIpc) is 2.16. The van der Waals surface area contributed by atoms with Gasteiger partial charge in [0.15, 0.2) is 0 Å². The second kappa shape index (κ2) is 4.69. The zero-order chi connectivity index (χ0) is 9.68. The predicted octanol–water partition coefficient (Wildman–Crippen LogP) is 1.48. The van der Waals surface area contributed by atoms with Crippen molar-refractivity contribution in [1.29, 1.82) is 0 Å². The van der Waals surface area contributed by atoms with Gasteiger partial charge in [-0.05, 0) is 19.1 Å². The van der Waals surface area contributed by atoms with E-state index in [0.29, 0.717) is 0 Å². The van der Waals surface area contributed by atoms with E-state index in [1.807, 2.05) is 25.1 Å². The van der Waals surface area contributed by atoms with Gasteiger partial charge < -0.3 is 4.74 Å². The van der Waals surface area contributed by atoms with E-state index in [1.54, 1.807) is 14.2 Å². The fourth-order valence-corrected chi connectivity index (χ4v) is 1.05. The number of hydrogen-bond acceptors (Lipinski definition) is 4. The van der Waals surface area contributed by atoms with E-state index in [9.17, 15) is 0 Å². The lowest BCUT2D eigenvalue weighted by Gasteiger charge is -2.10. The summed E-state index contributed by atoms with van der Waals surface area (Å²) >= 11 is 0. The fourth-order valence-electron chi connectivity index (χ4n) is 1.05. The van der Waals surface area contributed by atoms with Crippen molar-refractivity contribution >= 4 is 5.69 Å². The molecule has 4 heteroatoms. The molecule has 0 heterocycles. The van der Waals surface area contributed by atoms with Crippen LogP contribution in [0.15, 0.2) is 18.2 Å². The molecular formula is C9H14N2O2. The van der Waals surface area contributed by atoms with Gasteiger partial charge in [0.2, 0.25) is 0 Å². The Bertz CT molecular complexity index is 276. The summed E-state index contributed by atoms with van der Waals surface area (Å²) in [6, 6.07) is 5.71. The Morgan fingerprint density at radius 2 is 2.08 bits per heavy atom. The van der Waals surface area contributed by atoms with Gasteiger partial charge in [-0.1, -0.05) is 6.07 Å². The van der Waals surface area contributed by atoms with Crippen molar-refractivity contribution in [3.8, 4) is 5.75 Å². The number of hydrogen-bond donors (Lipinski definition) is 2. The molecule has 0 aliphatic carbocycles. The van der Waals surface area contributed by atoms with E-state index in [0.717, 1.165) is 17.0 Å². The first-order chi connectivity index (χ1) is 6.29. The zero-order valence-electron chi connectivity index (χ0n) is 8.05. The van der Waals surface area contributed by atoms with Crippen LogP contribution in [-0.2, 0) is 4.94 Å². The number of benzene rings is 1. The lowest BCUT2D eigenvalue weighted by molar-refractivity contribution is 0.109. The minimum Gasteiger partial charge on any atom is -0.496 e. The van der Waals surface area contributed by atoms with Crippen molar-refractivity contribution in [3.05, 3.63) is 23.8 Å². The van der Waals surface area contributed by atoms with Gasteiger partial charge in [-0.2, -0.15) is 10.4 Å². The van der Waals surface area contributed by atoms with E-state index in [-0.39, 0.29) is 0 Å². The summed E-state index contributed by atoms with van der Waals surface area (Å²) in [5.74, 6) is 0.838. The molecule has 0 fully saturated rings. The second-order valence-corrected chi connectivity index (χ2v) is 2.54. The molecule has 13 heavy (non-hydrogen) atoms. The summed E-state index contributed by atoms with van der Waals surface area (Å²) < 4.78 is 5.15. The fraction of sp³-hybridized carbons (Fsp3) is 0.333. The minimum atomic E-state index is 0.838. The first-order valence-electron chi connectivity index (χ1n) is 4.01. The Labute approximate surface area is 77.8 Å². The molecule has 4 nitrogen and oxygen atoms in total. The highest BCUT2D eigenvalue weighted by Crippen LogP contribution is 2.24. The van der Waals surface area contributed by atoms with Crippen LogP contribution in [0.3, 0.4) is 0 Å². The molecule has 72 valence electrons. The summed E-state index contributed by atoms with van der Waals surface area (Å²) in [4.78, 5) is 4.84. The van der Waals surface area contributed by atoms with Crippen LogP contribution in [0, 0.1) is 6.92 Å². The first kappa shape index (κ1) is 9.83. The number of anilines is 1. The van der Waals surface area contributed by atoms with Gasteiger partial charge in [0.25, 0.3) is 0 Å². The Balaban J connectivity index is 2.81. The molecule has 0 bridgehead atoms. The number of methoxy groups -OCH3 is 1. The van der Waals surface area contributed by atoms with Crippen LogP contribution < -0.4 is 15.7 Å². The van der Waals surface area contributed by atoms with Gasteiger partial charge in [-0.25, -0.2) is 5.48 Å². The monoisotopic (exact) mass is 182 g/mol. The summed E-state index contributed by atoms with van der Waals surface area (Å²) in [7, 11) is 3.33. The van der Waals surface area contributed by atoms with E-state index in [2.05, 4.69) is 11.0 Å². The summed E-state index contributed by atoms with van der Waals surface area (Å²) in [6.45, 7) is 1.96. The molecule has 0 spiro atoms.